The monoisotopic (exact) mass is 350 g/mol. The van der Waals surface area contributed by atoms with E-state index in [1.807, 2.05) is 0 Å². The lowest BCUT2D eigenvalue weighted by Gasteiger charge is -2.27. The van der Waals surface area contributed by atoms with Gasteiger partial charge in [-0.1, -0.05) is 70.9 Å². The highest BCUT2D eigenvalue weighted by molar-refractivity contribution is 6.61. The largest absolute Gasteiger partial charge is 0.494 e. The van der Waals surface area contributed by atoms with Gasteiger partial charge in [0.15, 0.2) is 0 Å². The Morgan fingerprint density at radius 3 is 2.28 bits per heavy atom. The molecule has 140 valence electrons. The minimum atomic E-state index is -2.09. The first-order valence-corrected chi connectivity index (χ1v) is 9.88. The molecule has 1 aliphatic heterocycles. The lowest BCUT2D eigenvalue weighted by Crippen LogP contribution is -2.44. The van der Waals surface area contributed by atoms with Crippen LogP contribution in [0.25, 0.3) is 0 Å². The fourth-order valence-corrected chi connectivity index (χ4v) is 2.77. The topological polar surface area (TPSA) is 27.7 Å². The molecule has 2 rings (SSSR count). The van der Waals surface area contributed by atoms with E-state index in [-0.39, 0.29) is 0 Å². The number of benzene rings is 1. The Kier molecular flexibility index (Phi) is 7.47. The van der Waals surface area contributed by atoms with E-state index in [1.165, 1.54) is 19.3 Å². The van der Waals surface area contributed by atoms with Gasteiger partial charge >= 0.3 is 7.12 Å². The lowest BCUT2D eigenvalue weighted by atomic mass is 9.77. The molecule has 1 aliphatic rings. The third-order valence-electron chi connectivity index (χ3n) is 4.40. The van der Waals surface area contributed by atoms with E-state index in [2.05, 4.69) is 13.8 Å². The Labute approximate surface area is 160 Å². The van der Waals surface area contributed by atoms with Crippen molar-refractivity contribution in [2.75, 3.05) is 19.7 Å². The second kappa shape index (κ2) is 12.4. The Balaban J connectivity index is 1.94. The molecule has 0 spiro atoms. The Morgan fingerprint density at radius 1 is 0.960 bits per heavy atom. The number of unbranched alkanes of at least 4 members (excludes halogenated alkanes) is 6. The second-order valence-electron chi connectivity index (χ2n) is 6.68. The summed E-state index contributed by atoms with van der Waals surface area (Å²) in [6, 6.07) is 7.05. The highest BCUT2D eigenvalue weighted by Gasteiger charge is 2.28. The summed E-state index contributed by atoms with van der Waals surface area (Å²) < 4.78 is 50.1. The fraction of sp³-hybridized carbons (Fsp3) is 0.714. The first kappa shape index (κ1) is 15.1. The molecule has 1 heterocycles. The lowest BCUT2D eigenvalue weighted by molar-refractivity contribution is 0.0810. The van der Waals surface area contributed by atoms with Crippen molar-refractivity contribution in [3.05, 3.63) is 24.3 Å². The van der Waals surface area contributed by atoms with Crippen molar-refractivity contribution >= 4 is 12.6 Å². The summed E-state index contributed by atoms with van der Waals surface area (Å²) in [6.45, 7) is 0.741. The summed E-state index contributed by atoms with van der Waals surface area (Å²) in [4.78, 5) is 0. The van der Waals surface area contributed by atoms with E-state index < -0.39 is 26.2 Å². The minimum Gasteiger partial charge on any atom is -0.494 e. The van der Waals surface area contributed by atoms with Gasteiger partial charge in [0.25, 0.3) is 0 Å². The average Bonchev–Trinajstić information content (AvgIpc) is 2.66. The van der Waals surface area contributed by atoms with E-state index in [0.29, 0.717) is 18.5 Å². The van der Waals surface area contributed by atoms with Gasteiger partial charge in [-0.2, -0.15) is 0 Å². The van der Waals surface area contributed by atoms with Crippen LogP contribution in [0.1, 0.15) is 77.1 Å². The molecule has 1 aromatic rings. The van der Waals surface area contributed by atoms with E-state index in [4.69, 9.17) is 19.5 Å². The second-order valence-corrected chi connectivity index (χ2v) is 6.68. The van der Waals surface area contributed by atoms with Crippen LogP contribution in [0.3, 0.4) is 0 Å². The molecule has 0 aliphatic carbocycles. The van der Waals surface area contributed by atoms with Gasteiger partial charge in [0.05, 0.1) is 12.1 Å². The standard InChI is InChI=1S/C21H35BO3/c1-3-5-7-8-9-10-11-19-17-24-22(25-18-19)20-12-14-21(15-13-20)23-16-6-4-2/h12-15,19H,3-11,16-18H2,1-2H3/i17D2,18D2. The van der Waals surface area contributed by atoms with Crippen molar-refractivity contribution in [2.24, 2.45) is 5.92 Å². The van der Waals surface area contributed by atoms with Gasteiger partial charge in [-0.3, -0.25) is 0 Å². The van der Waals surface area contributed by atoms with E-state index >= 15 is 0 Å². The zero-order valence-electron chi connectivity index (χ0n) is 19.8. The highest BCUT2D eigenvalue weighted by Crippen LogP contribution is 2.18. The van der Waals surface area contributed by atoms with Crippen LogP contribution in [0.2, 0.25) is 0 Å². The van der Waals surface area contributed by atoms with Crippen molar-refractivity contribution in [3.8, 4) is 5.75 Å². The predicted molar refractivity (Wildman–Crippen MR) is 106 cm³/mol. The molecule has 4 heteroatoms. The van der Waals surface area contributed by atoms with Crippen LogP contribution in [-0.4, -0.2) is 26.8 Å². The predicted octanol–water partition coefficient (Wildman–Crippen LogP) is 4.97. The number of rotatable bonds is 12. The quantitative estimate of drug-likeness (QED) is 0.393. The molecule has 0 saturated carbocycles. The van der Waals surface area contributed by atoms with Crippen LogP contribution < -0.4 is 10.2 Å². The molecule has 0 amide bonds. The first-order chi connectivity index (χ1) is 13.8. The Morgan fingerprint density at radius 2 is 1.60 bits per heavy atom. The molecule has 0 N–H and O–H groups in total. The average molecular weight is 350 g/mol. The molecule has 0 bridgehead atoms. The number of hydrogen-bond donors (Lipinski definition) is 0. The number of hydrogen-bond acceptors (Lipinski definition) is 3. The molecule has 1 fully saturated rings. The SMILES string of the molecule is [2H]C1([2H])OB(c2ccc(OCCCC)cc2)OC([2H])([2H])C1CCCCCCCC. The summed E-state index contributed by atoms with van der Waals surface area (Å²) >= 11 is 0. The smallest absolute Gasteiger partial charge is 0.493 e. The van der Waals surface area contributed by atoms with Gasteiger partial charge in [0, 0.05) is 19.0 Å². The van der Waals surface area contributed by atoms with Crippen molar-refractivity contribution < 1.29 is 19.5 Å². The molecule has 1 aromatic carbocycles. The van der Waals surface area contributed by atoms with E-state index in [1.54, 1.807) is 24.3 Å². The normalized spacial score (nSPS) is 21.9. The van der Waals surface area contributed by atoms with Gasteiger partial charge in [-0.15, -0.1) is 0 Å². The third kappa shape index (κ3) is 7.83. The van der Waals surface area contributed by atoms with Gasteiger partial charge in [0.2, 0.25) is 0 Å². The van der Waals surface area contributed by atoms with Crippen molar-refractivity contribution in [1.82, 2.24) is 0 Å². The third-order valence-corrected chi connectivity index (χ3v) is 4.40. The fourth-order valence-electron chi connectivity index (χ4n) is 2.77. The molecular formula is C21H35BO3. The molecule has 0 atom stereocenters. The van der Waals surface area contributed by atoms with Crippen molar-refractivity contribution in [2.45, 2.75) is 71.6 Å². The summed E-state index contributed by atoms with van der Waals surface area (Å²) in [6.07, 6.45) is 8.87. The first-order valence-electron chi connectivity index (χ1n) is 11.9. The van der Waals surface area contributed by atoms with Gasteiger partial charge in [0.1, 0.15) is 5.75 Å². The molecule has 3 nitrogen and oxygen atoms in total. The van der Waals surface area contributed by atoms with Crippen molar-refractivity contribution in [3.63, 3.8) is 0 Å². The van der Waals surface area contributed by atoms with Crippen LogP contribution in [0.15, 0.2) is 24.3 Å². The van der Waals surface area contributed by atoms with Gasteiger partial charge in [-0.25, -0.2) is 0 Å². The molecule has 0 radical (unpaired) electrons. The summed E-state index contributed by atoms with van der Waals surface area (Å²) in [5, 5.41) is 0. The van der Waals surface area contributed by atoms with Crippen molar-refractivity contribution in [1.29, 1.82) is 0 Å². The van der Waals surface area contributed by atoms with Crippen LogP contribution >= 0.6 is 0 Å². The minimum absolute atomic E-state index is 0.406. The maximum Gasteiger partial charge on any atom is 0.493 e. The van der Waals surface area contributed by atoms with Gasteiger partial charge < -0.3 is 14.0 Å². The zero-order valence-corrected chi connectivity index (χ0v) is 15.8. The molecule has 1 saturated heterocycles. The summed E-state index contributed by atoms with van der Waals surface area (Å²) in [7, 11) is -1.08. The van der Waals surface area contributed by atoms with Crippen LogP contribution in [0.5, 0.6) is 5.75 Å². The molecule has 0 unspecified atom stereocenters. The van der Waals surface area contributed by atoms with Gasteiger partial charge in [-0.05, 0) is 30.4 Å². The summed E-state index contributed by atoms with van der Waals surface area (Å²) in [5.41, 5.74) is 0.582. The van der Waals surface area contributed by atoms with Crippen LogP contribution in [-0.2, 0) is 9.31 Å². The zero-order chi connectivity index (χ0) is 21.3. The summed E-state index contributed by atoms with van der Waals surface area (Å²) in [5.74, 6) is -0.223. The maximum atomic E-state index is 8.32. The highest BCUT2D eigenvalue weighted by atomic mass is 16.6. The molecule has 0 aromatic heterocycles. The maximum absolute atomic E-state index is 8.32. The van der Waals surface area contributed by atoms with Crippen LogP contribution in [0, 0.1) is 5.92 Å². The molecular weight excluding hydrogens is 311 g/mol. The van der Waals surface area contributed by atoms with E-state index in [9.17, 15) is 0 Å². The Hall–Kier alpha value is -0.995. The van der Waals surface area contributed by atoms with E-state index in [0.717, 1.165) is 37.9 Å². The number of ether oxygens (including phenoxy) is 1. The van der Waals surface area contributed by atoms with Crippen LogP contribution in [0.4, 0.5) is 0 Å². The molecule has 25 heavy (non-hydrogen) atoms. The Bertz CT molecular complexity index is 580.